The molecule has 0 radical (unpaired) electrons. The van der Waals surface area contributed by atoms with Crippen molar-refractivity contribution in [3.63, 3.8) is 0 Å². The highest BCUT2D eigenvalue weighted by molar-refractivity contribution is 7.92. The summed E-state index contributed by atoms with van der Waals surface area (Å²) in [6.45, 7) is 3.52. The smallest absolute Gasteiger partial charge is 0.340 e. The van der Waals surface area contributed by atoms with E-state index < -0.39 is 28.3 Å². The number of rotatable bonds is 8. The monoisotopic (exact) mass is 494 g/mol. The Morgan fingerprint density at radius 3 is 2.54 bits per heavy atom. The molecule has 4 rings (SSSR count). The Morgan fingerprint density at radius 1 is 1.06 bits per heavy atom. The summed E-state index contributed by atoms with van der Waals surface area (Å²) in [6.07, 6.45) is 0. The molecule has 11 heteroatoms. The minimum absolute atomic E-state index is 0.0429. The molecule has 0 saturated heterocycles. The third kappa shape index (κ3) is 5.30. The topological polar surface area (TPSA) is 129 Å². The summed E-state index contributed by atoms with van der Waals surface area (Å²) in [7, 11) is -3.99. The van der Waals surface area contributed by atoms with Gasteiger partial charge in [-0.3, -0.25) is 9.52 Å². The second-order valence-electron chi connectivity index (χ2n) is 7.51. The van der Waals surface area contributed by atoms with Gasteiger partial charge in [-0.2, -0.15) is 4.68 Å². The van der Waals surface area contributed by atoms with E-state index in [-0.39, 0.29) is 10.5 Å². The average Bonchev–Trinajstić information content (AvgIpc) is 2.85. The van der Waals surface area contributed by atoms with Crippen LogP contribution >= 0.6 is 0 Å². The van der Waals surface area contributed by atoms with Crippen LogP contribution in [0.5, 0.6) is 5.75 Å². The molecule has 0 spiro atoms. The molecule has 0 atom stereocenters. The summed E-state index contributed by atoms with van der Waals surface area (Å²) in [5, 5.41) is 8.05. The van der Waals surface area contributed by atoms with Crippen molar-refractivity contribution in [2.24, 2.45) is 0 Å². The van der Waals surface area contributed by atoms with Crippen LogP contribution in [0.2, 0.25) is 0 Å². The molecule has 10 nitrogen and oxygen atoms in total. The lowest BCUT2D eigenvalue weighted by atomic mass is 10.1. The number of nitrogens with one attached hydrogen (secondary N) is 1. The number of ether oxygens (including phenoxy) is 2. The van der Waals surface area contributed by atoms with Crippen LogP contribution in [0.1, 0.15) is 22.8 Å². The van der Waals surface area contributed by atoms with Gasteiger partial charge in [0.05, 0.1) is 22.5 Å². The van der Waals surface area contributed by atoms with Gasteiger partial charge in [0, 0.05) is 5.69 Å². The average molecular weight is 495 g/mol. The molecule has 3 aromatic carbocycles. The standard InChI is InChI=1S/C24H22N4O6S/c1-3-33-18-11-9-17(10-12-18)26-35(31,32)19-13-8-16(2)21(14-19)24(30)34-15-28-23(29)20-6-4-5-7-22(20)25-27-28/h4-14,26H,3,15H2,1-2H3. The largest absolute Gasteiger partial charge is 0.494 e. The molecule has 0 aliphatic heterocycles. The Balaban J connectivity index is 1.52. The molecule has 1 heterocycles. The van der Waals surface area contributed by atoms with Gasteiger partial charge in [0.25, 0.3) is 15.6 Å². The maximum Gasteiger partial charge on any atom is 0.340 e. The lowest BCUT2D eigenvalue weighted by Crippen LogP contribution is -2.26. The fraction of sp³-hybridized carbons (Fsp3) is 0.167. The normalized spacial score (nSPS) is 11.3. The molecule has 0 amide bonds. The van der Waals surface area contributed by atoms with Crippen LogP contribution < -0.4 is 15.0 Å². The molecule has 1 aromatic heterocycles. The Kier molecular flexibility index (Phi) is 6.78. The number of esters is 1. The predicted octanol–water partition coefficient (Wildman–Crippen LogP) is 3.11. The van der Waals surface area contributed by atoms with Crippen molar-refractivity contribution < 1.29 is 22.7 Å². The van der Waals surface area contributed by atoms with Gasteiger partial charge in [-0.25, -0.2) is 13.2 Å². The Morgan fingerprint density at radius 2 is 1.80 bits per heavy atom. The van der Waals surface area contributed by atoms with E-state index in [1.54, 1.807) is 55.5 Å². The lowest BCUT2D eigenvalue weighted by Gasteiger charge is -2.12. The van der Waals surface area contributed by atoms with Gasteiger partial charge in [-0.05, 0) is 67.9 Å². The Bertz CT molecular complexity index is 1550. The Hall–Kier alpha value is -4.25. The predicted molar refractivity (Wildman–Crippen MR) is 129 cm³/mol. The first-order valence-electron chi connectivity index (χ1n) is 10.6. The lowest BCUT2D eigenvalue weighted by molar-refractivity contribution is 0.0335. The highest BCUT2D eigenvalue weighted by atomic mass is 32.2. The fourth-order valence-corrected chi connectivity index (χ4v) is 4.38. The van der Waals surface area contributed by atoms with Gasteiger partial charge in [-0.15, -0.1) is 5.10 Å². The van der Waals surface area contributed by atoms with Crippen molar-refractivity contribution in [1.82, 2.24) is 15.0 Å². The number of hydrogen-bond acceptors (Lipinski definition) is 8. The number of aryl methyl sites for hydroxylation is 1. The third-order valence-electron chi connectivity index (χ3n) is 5.10. The maximum absolute atomic E-state index is 12.9. The zero-order valence-electron chi connectivity index (χ0n) is 19.0. The number of nitrogens with zero attached hydrogens (tertiary/aromatic N) is 3. The summed E-state index contributed by atoms with van der Waals surface area (Å²) >= 11 is 0. The van der Waals surface area contributed by atoms with Crippen molar-refractivity contribution in [1.29, 1.82) is 0 Å². The van der Waals surface area contributed by atoms with E-state index in [0.717, 1.165) is 4.68 Å². The quantitative estimate of drug-likeness (QED) is 0.370. The van der Waals surface area contributed by atoms with E-state index in [2.05, 4.69) is 15.0 Å². The first-order valence-corrected chi connectivity index (χ1v) is 12.1. The molecule has 0 fully saturated rings. The number of anilines is 1. The summed E-state index contributed by atoms with van der Waals surface area (Å²) < 4.78 is 39.8. The fourth-order valence-electron chi connectivity index (χ4n) is 3.29. The zero-order valence-corrected chi connectivity index (χ0v) is 19.8. The van der Waals surface area contributed by atoms with Gasteiger partial charge in [0.15, 0.2) is 6.73 Å². The van der Waals surface area contributed by atoms with E-state index >= 15 is 0 Å². The summed E-state index contributed by atoms with van der Waals surface area (Å²) in [6, 6.07) is 17.2. The van der Waals surface area contributed by atoms with Crippen LogP contribution in [-0.2, 0) is 21.5 Å². The summed E-state index contributed by atoms with van der Waals surface area (Å²) in [5.74, 6) is -0.187. The maximum atomic E-state index is 12.9. The van der Waals surface area contributed by atoms with Crippen LogP contribution in [-0.4, -0.2) is 36.0 Å². The second kappa shape index (κ2) is 9.94. The second-order valence-corrected chi connectivity index (χ2v) is 9.19. The molecule has 4 aromatic rings. The first-order chi connectivity index (χ1) is 16.8. The van der Waals surface area contributed by atoms with Crippen molar-refractivity contribution in [3.05, 3.63) is 88.2 Å². The van der Waals surface area contributed by atoms with Crippen molar-refractivity contribution in [2.75, 3.05) is 11.3 Å². The molecule has 0 aliphatic carbocycles. The molecule has 0 bridgehead atoms. The minimum atomic E-state index is -3.99. The minimum Gasteiger partial charge on any atom is -0.494 e. The van der Waals surface area contributed by atoms with Crippen LogP contribution in [0, 0.1) is 6.92 Å². The first kappa shape index (κ1) is 23.9. The highest BCUT2D eigenvalue weighted by Gasteiger charge is 2.20. The highest BCUT2D eigenvalue weighted by Crippen LogP contribution is 2.22. The molecule has 0 saturated carbocycles. The molecule has 0 aliphatic rings. The van der Waals surface area contributed by atoms with Crippen molar-refractivity contribution >= 4 is 32.6 Å². The van der Waals surface area contributed by atoms with Crippen LogP contribution in [0.25, 0.3) is 10.9 Å². The van der Waals surface area contributed by atoms with E-state index in [1.807, 2.05) is 6.92 Å². The number of sulfonamides is 1. The molecular formula is C24H22N4O6S. The summed E-state index contributed by atoms with van der Waals surface area (Å²) in [5.41, 5.74) is 0.852. The van der Waals surface area contributed by atoms with Crippen LogP contribution in [0.15, 0.2) is 76.4 Å². The molecular weight excluding hydrogens is 472 g/mol. The van der Waals surface area contributed by atoms with Gasteiger partial charge in [0.1, 0.15) is 11.3 Å². The zero-order chi connectivity index (χ0) is 25.0. The van der Waals surface area contributed by atoms with Gasteiger partial charge >= 0.3 is 5.97 Å². The molecule has 35 heavy (non-hydrogen) atoms. The number of carbonyl (C=O) groups is 1. The van der Waals surface area contributed by atoms with E-state index in [9.17, 15) is 18.0 Å². The number of benzene rings is 3. The van der Waals surface area contributed by atoms with Crippen molar-refractivity contribution in [2.45, 2.75) is 25.5 Å². The number of hydrogen-bond donors (Lipinski definition) is 1. The molecule has 1 N–H and O–H groups in total. The van der Waals surface area contributed by atoms with Gasteiger partial charge < -0.3 is 9.47 Å². The number of aromatic nitrogens is 3. The van der Waals surface area contributed by atoms with Crippen LogP contribution in [0.4, 0.5) is 5.69 Å². The van der Waals surface area contributed by atoms with E-state index in [0.29, 0.717) is 34.5 Å². The van der Waals surface area contributed by atoms with Crippen molar-refractivity contribution in [3.8, 4) is 5.75 Å². The van der Waals surface area contributed by atoms with Gasteiger partial charge in [-0.1, -0.05) is 23.4 Å². The molecule has 0 unspecified atom stereocenters. The molecule has 180 valence electrons. The Labute approximate surface area is 201 Å². The SMILES string of the molecule is CCOc1ccc(NS(=O)(=O)c2ccc(C)c(C(=O)OCn3nnc4ccccc4c3=O)c2)cc1. The number of fused-ring (bicyclic) bond motifs is 1. The van der Waals surface area contributed by atoms with Gasteiger partial charge in [0.2, 0.25) is 0 Å². The third-order valence-corrected chi connectivity index (χ3v) is 6.48. The summed E-state index contributed by atoms with van der Waals surface area (Å²) in [4.78, 5) is 25.2. The van der Waals surface area contributed by atoms with Crippen LogP contribution in [0.3, 0.4) is 0 Å². The number of carbonyl (C=O) groups excluding carboxylic acids is 1. The van der Waals surface area contributed by atoms with E-state index in [1.165, 1.54) is 18.2 Å². The van der Waals surface area contributed by atoms with E-state index in [4.69, 9.17) is 9.47 Å².